The summed E-state index contributed by atoms with van der Waals surface area (Å²) in [5.74, 6) is 0.0339. The third-order valence-electron chi connectivity index (χ3n) is 3.15. The van der Waals surface area contributed by atoms with Crippen molar-refractivity contribution in [3.8, 4) is 6.07 Å². The van der Waals surface area contributed by atoms with Crippen LogP contribution in [0.2, 0.25) is 0 Å². The molecule has 4 nitrogen and oxygen atoms in total. The normalized spacial score (nSPS) is 15.3. The van der Waals surface area contributed by atoms with Crippen LogP contribution in [0.25, 0.3) is 0 Å². The Bertz CT molecular complexity index is 441. The van der Waals surface area contributed by atoms with Crippen molar-refractivity contribution in [2.45, 2.75) is 19.3 Å². The summed E-state index contributed by atoms with van der Waals surface area (Å²) >= 11 is 0. The second kappa shape index (κ2) is 6.18. The molecule has 4 heteroatoms. The van der Waals surface area contributed by atoms with Crippen LogP contribution >= 0.6 is 0 Å². The number of carbonyl (C=O) groups excluding carboxylic acids is 1. The minimum atomic E-state index is 0.0339. The molecule has 1 heterocycles. The van der Waals surface area contributed by atoms with Gasteiger partial charge >= 0.3 is 0 Å². The van der Waals surface area contributed by atoms with Gasteiger partial charge in [0.15, 0.2) is 0 Å². The molecular formula is C14H17N3O. The summed E-state index contributed by atoms with van der Waals surface area (Å²) in [7, 11) is 0. The molecule has 94 valence electrons. The lowest BCUT2D eigenvalue weighted by Gasteiger charge is -2.13. The maximum atomic E-state index is 11.7. The molecule has 0 aliphatic carbocycles. The first-order chi connectivity index (χ1) is 8.78. The number of amides is 1. The molecule has 0 bridgehead atoms. The maximum absolute atomic E-state index is 11.7. The highest BCUT2D eigenvalue weighted by molar-refractivity contribution is 5.90. The number of likely N-dealkylation sites (tertiary alicyclic amines) is 1. The van der Waals surface area contributed by atoms with Gasteiger partial charge in [0, 0.05) is 18.7 Å². The number of carbonyl (C=O) groups is 1. The van der Waals surface area contributed by atoms with Gasteiger partial charge < -0.3 is 10.2 Å². The molecule has 1 saturated heterocycles. The van der Waals surface area contributed by atoms with E-state index in [-0.39, 0.29) is 5.91 Å². The van der Waals surface area contributed by atoms with Gasteiger partial charge in [0.1, 0.15) is 0 Å². The molecule has 0 radical (unpaired) electrons. The number of nitrogens with zero attached hydrogens (tertiary/aromatic N) is 2. The summed E-state index contributed by atoms with van der Waals surface area (Å²) in [6.45, 7) is 3.07. The van der Waals surface area contributed by atoms with E-state index in [1.54, 1.807) is 24.3 Å². The van der Waals surface area contributed by atoms with Gasteiger partial charge in [-0.05, 0) is 50.2 Å². The monoisotopic (exact) mass is 243 g/mol. The lowest BCUT2D eigenvalue weighted by atomic mass is 10.2. The van der Waals surface area contributed by atoms with E-state index >= 15 is 0 Å². The van der Waals surface area contributed by atoms with E-state index < -0.39 is 0 Å². The average Bonchev–Trinajstić information content (AvgIpc) is 2.90. The quantitative estimate of drug-likeness (QED) is 0.879. The van der Waals surface area contributed by atoms with Crippen molar-refractivity contribution in [3.05, 3.63) is 29.8 Å². The first-order valence-electron chi connectivity index (χ1n) is 6.30. The van der Waals surface area contributed by atoms with E-state index in [9.17, 15) is 4.79 Å². The molecule has 1 aliphatic rings. The van der Waals surface area contributed by atoms with Gasteiger partial charge in [-0.25, -0.2) is 0 Å². The van der Waals surface area contributed by atoms with Crippen molar-refractivity contribution < 1.29 is 4.79 Å². The lowest BCUT2D eigenvalue weighted by molar-refractivity contribution is -0.116. The van der Waals surface area contributed by atoms with Crippen molar-refractivity contribution >= 4 is 11.6 Å². The van der Waals surface area contributed by atoms with Crippen molar-refractivity contribution in [2.75, 3.05) is 25.0 Å². The Labute approximate surface area is 107 Å². The van der Waals surface area contributed by atoms with E-state index in [0.717, 1.165) is 25.3 Å². The largest absolute Gasteiger partial charge is 0.326 e. The smallest absolute Gasteiger partial charge is 0.225 e. The number of hydrogen-bond acceptors (Lipinski definition) is 3. The topological polar surface area (TPSA) is 56.1 Å². The zero-order valence-electron chi connectivity index (χ0n) is 10.4. The Morgan fingerprint density at radius 1 is 1.28 bits per heavy atom. The minimum Gasteiger partial charge on any atom is -0.326 e. The molecule has 0 aromatic heterocycles. The summed E-state index contributed by atoms with van der Waals surface area (Å²) in [5.41, 5.74) is 1.35. The second-order valence-electron chi connectivity index (χ2n) is 4.54. The van der Waals surface area contributed by atoms with Crippen molar-refractivity contribution in [3.63, 3.8) is 0 Å². The van der Waals surface area contributed by atoms with Crippen LogP contribution in [0.1, 0.15) is 24.8 Å². The molecule has 0 saturated carbocycles. The second-order valence-corrected chi connectivity index (χ2v) is 4.54. The van der Waals surface area contributed by atoms with Gasteiger partial charge in [-0.3, -0.25) is 4.79 Å². The summed E-state index contributed by atoms with van der Waals surface area (Å²) in [6.07, 6.45) is 3.02. The summed E-state index contributed by atoms with van der Waals surface area (Å²) < 4.78 is 0. The fourth-order valence-corrected chi connectivity index (χ4v) is 2.12. The molecule has 1 amide bonds. The Kier molecular flexibility index (Phi) is 4.32. The number of anilines is 1. The van der Waals surface area contributed by atoms with Gasteiger partial charge in [0.05, 0.1) is 11.6 Å². The third kappa shape index (κ3) is 3.57. The molecule has 18 heavy (non-hydrogen) atoms. The maximum Gasteiger partial charge on any atom is 0.225 e. The summed E-state index contributed by atoms with van der Waals surface area (Å²) in [4.78, 5) is 14.0. The number of hydrogen-bond donors (Lipinski definition) is 1. The molecule has 0 spiro atoms. The highest BCUT2D eigenvalue weighted by Gasteiger charge is 2.12. The van der Waals surface area contributed by atoms with E-state index in [1.165, 1.54) is 12.8 Å². The van der Waals surface area contributed by atoms with Crippen LogP contribution in [0, 0.1) is 11.3 Å². The molecule has 1 fully saturated rings. The van der Waals surface area contributed by atoms with Crippen LogP contribution in [0.3, 0.4) is 0 Å². The van der Waals surface area contributed by atoms with Gasteiger partial charge in [-0.1, -0.05) is 0 Å². The summed E-state index contributed by atoms with van der Waals surface area (Å²) in [5, 5.41) is 11.5. The van der Waals surface area contributed by atoms with E-state index in [1.807, 2.05) is 0 Å². The van der Waals surface area contributed by atoms with Crippen LogP contribution in [0.4, 0.5) is 5.69 Å². The molecule has 1 aromatic rings. The van der Waals surface area contributed by atoms with E-state index in [2.05, 4.69) is 16.3 Å². The predicted molar refractivity (Wildman–Crippen MR) is 70.1 cm³/mol. The Balaban J connectivity index is 1.77. The zero-order valence-corrected chi connectivity index (χ0v) is 10.4. The van der Waals surface area contributed by atoms with Gasteiger partial charge in [0.2, 0.25) is 5.91 Å². The molecule has 2 rings (SSSR count). The summed E-state index contributed by atoms with van der Waals surface area (Å²) in [6, 6.07) is 8.97. The lowest BCUT2D eigenvalue weighted by Crippen LogP contribution is -2.25. The van der Waals surface area contributed by atoms with Crippen molar-refractivity contribution in [1.82, 2.24) is 4.90 Å². The molecule has 1 aromatic carbocycles. The minimum absolute atomic E-state index is 0.0339. The molecule has 0 unspecified atom stereocenters. The number of nitrogens with one attached hydrogen (secondary N) is 1. The molecule has 0 atom stereocenters. The average molecular weight is 243 g/mol. The Morgan fingerprint density at radius 3 is 2.56 bits per heavy atom. The molecular weight excluding hydrogens is 226 g/mol. The van der Waals surface area contributed by atoms with Crippen LogP contribution in [-0.2, 0) is 4.79 Å². The zero-order chi connectivity index (χ0) is 12.8. The SMILES string of the molecule is N#Cc1ccc(NC(=O)CCN2CCCC2)cc1. The Hall–Kier alpha value is -1.86. The van der Waals surface area contributed by atoms with Gasteiger partial charge in [0.25, 0.3) is 0 Å². The van der Waals surface area contributed by atoms with Crippen molar-refractivity contribution in [1.29, 1.82) is 5.26 Å². The van der Waals surface area contributed by atoms with Crippen LogP contribution in [0.5, 0.6) is 0 Å². The number of rotatable bonds is 4. The van der Waals surface area contributed by atoms with E-state index in [0.29, 0.717) is 12.0 Å². The predicted octanol–water partition coefficient (Wildman–Crippen LogP) is 1.98. The Morgan fingerprint density at radius 2 is 1.94 bits per heavy atom. The fraction of sp³-hybridized carbons (Fsp3) is 0.429. The number of benzene rings is 1. The van der Waals surface area contributed by atoms with Crippen molar-refractivity contribution in [2.24, 2.45) is 0 Å². The fourth-order valence-electron chi connectivity index (χ4n) is 2.12. The van der Waals surface area contributed by atoms with Crippen LogP contribution < -0.4 is 5.32 Å². The molecule has 1 aliphatic heterocycles. The highest BCUT2D eigenvalue weighted by Crippen LogP contribution is 2.10. The first-order valence-corrected chi connectivity index (χ1v) is 6.30. The van der Waals surface area contributed by atoms with Crippen LogP contribution in [-0.4, -0.2) is 30.4 Å². The van der Waals surface area contributed by atoms with E-state index in [4.69, 9.17) is 5.26 Å². The third-order valence-corrected chi connectivity index (χ3v) is 3.15. The first kappa shape index (κ1) is 12.6. The van der Waals surface area contributed by atoms with Crippen LogP contribution in [0.15, 0.2) is 24.3 Å². The highest BCUT2D eigenvalue weighted by atomic mass is 16.1. The molecule has 1 N–H and O–H groups in total. The standard InChI is InChI=1S/C14H17N3O/c15-11-12-3-5-13(6-4-12)16-14(18)7-10-17-8-1-2-9-17/h3-6H,1-2,7-10H2,(H,16,18). The van der Waals surface area contributed by atoms with Gasteiger partial charge in [-0.15, -0.1) is 0 Å². The number of nitriles is 1. The van der Waals surface area contributed by atoms with Gasteiger partial charge in [-0.2, -0.15) is 5.26 Å².